The molecule has 0 unspecified atom stereocenters. The van der Waals surface area contributed by atoms with Gasteiger partial charge in [0, 0.05) is 30.0 Å². The number of hydrogen-bond donors (Lipinski definition) is 1. The van der Waals surface area contributed by atoms with Crippen molar-refractivity contribution in [3.63, 3.8) is 0 Å². The van der Waals surface area contributed by atoms with E-state index in [1.807, 2.05) is 18.2 Å². The molecule has 0 aliphatic carbocycles. The summed E-state index contributed by atoms with van der Waals surface area (Å²) in [6.07, 6.45) is 0.830. The van der Waals surface area contributed by atoms with Gasteiger partial charge in [0.15, 0.2) is 0 Å². The number of methoxy groups -OCH3 is 1. The smallest absolute Gasteiger partial charge is 0.122 e. The Morgan fingerprint density at radius 3 is 2.84 bits per heavy atom. The lowest BCUT2D eigenvalue weighted by Crippen LogP contribution is -2.21. The van der Waals surface area contributed by atoms with Crippen LogP contribution in [-0.2, 0) is 13.0 Å². The Morgan fingerprint density at radius 1 is 1.32 bits per heavy atom. The Bertz CT molecular complexity index is 522. The van der Waals surface area contributed by atoms with Crippen LogP contribution in [0.15, 0.2) is 29.6 Å². The van der Waals surface area contributed by atoms with Gasteiger partial charge in [-0.3, -0.25) is 0 Å². The molecular weight excluding hydrogens is 256 g/mol. The molecular formula is C15H20N2OS. The van der Waals surface area contributed by atoms with Crippen LogP contribution in [-0.4, -0.2) is 18.1 Å². The second-order valence-electron chi connectivity index (χ2n) is 4.76. The number of rotatable bonds is 6. The van der Waals surface area contributed by atoms with Crippen LogP contribution in [0.4, 0.5) is 0 Å². The Kier molecular flexibility index (Phi) is 4.93. The zero-order chi connectivity index (χ0) is 13.7. The lowest BCUT2D eigenvalue weighted by Gasteiger charge is -2.06. The highest BCUT2D eigenvalue weighted by Gasteiger charge is 2.07. The topological polar surface area (TPSA) is 34.1 Å². The molecule has 0 amide bonds. The molecule has 1 aromatic heterocycles. The zero-order valence-corrected chi connectivity index (χ0v) is 12.5. The molecule has 1 heterocycles. The van der Waals surface area contributed by atoms with Crippen molar-refractivity contribution in [3.05, 3.63) is 45.9 Å². The summed E-state index contributed by atoms with van der Waals surface area (Å²) in [7, 11) is 1.71. The third-order valence-corrected chi connectivity index (χ3v) is 3.72. The van der Waals surface area contributed by atoms with Crippen molar-refractivity contribution in [2.75, 3.05) is 7.11 Å². The molecule has 0 aliphatic rings. The first-order valence-electron chi connectivity index (χ1n) is 6.47. The normalized spacial score (nSPS) is 10.9. The lowest BCUT2D eigenvalue weighted by molar-refractivity contribution is 0.410. The number of nitrogens with one attached hydrogen (secondary N) is 1. The van der Waals surface area contributed by atoms with Crippen molar-refractivity contribution in [3.8, 4) is 5.75 Å². The summed E-state index contributed by atoms with van der Waals surface area (Å²) in [4.78, 5) is 4.65. The third kappa shape index (κ3) is 4.04. The van der Waals surface area contributed by atoms with Crippen LogP contribution < -0.4 is 10.1 Å². The lowest BCUT2D eigenvalue weighted by atomic mass is 10.1. The van der Waals surface area contributed by atoms with Crippen LogP contribution >= 0.6 is 11.3 Å². The van der Waals surface area contributed by atoms with E-state index in [1.165, 1.54) is 5.56 Å². The maximum absolute atomic E-state index is 5.37. The molecule has 3 nitrogen and oxygen atoms in total. The van der Waals surface area contributed by atoms with E-state index < -0.39 is 0 Å². The fourth-order valence-corrected chi connectivity index (χ4v) is 2.65. The van der Waals surface area contributed by atoms with Gasteiger partial charge >= 0.3 is 0 Å². The van der Waals surface area contributed by atoms with Crippen LogP contribution in [0.1, 0.15) is 30.1 Å². The quantitative estimate of drug-likeness (QED) is 0.879. The van der Waals surface area contributed by atoms with Crippen molar-refractivity contribution < 1.29 is 4.74 Å². The molecule has 1 aromatic carbocycles. The van der Waals surface area contributed by atoms with Gasteiger partial charge in [0.2, 0.25) is 0 Å². The SMILES string of the molecule is COc1ccccc1Cc1nc(CNC(C)C)cs1. The third-order valence-electron chi connectivity index (χ3n) is 2.82. The largest absolute Gasteiger partial charge is 0.496 e. The summed E-state index contributed by atoms with van der Waals surface area (Å²) in [5.74, 6) is 0.930. The average Bonchev–Trinajstić information content (AvgIpc) is 2.85. The van der Waals surface area contributed by atoms with Crippen molar-refractivity contribution in [2.24, 2.45) is 0 Å². The van der Waals surface area contributed by atoms with Gasteiger partial charge in [-0.15, -0.1) is 11.3 Å². The van der Waals surface area contributed by atoms with Crippen molar-refractivity contribution >= 4 is 11.3 Å². The molecule has 102 valence electrons. The van der Waals surface area contributed by atoms with E-state index in [2.05, 4.69) is 35.6 Å². The Labute approximate surface area is 118 Å². The number of benzene rings is 1. The second-order valence-corrected chi connectivity index (χ2v) is 5.70. The van der Waals surface area contributed by atoms with E-state index in [0.29, 0.717) is 6.04 Å². The van der Waals surface area contributed by atoms with Crippen LogP contribution in [0.3, 0.4) is 0 Å². The van der Waals surface area contributed by atoms with E-state index in [-0.39, 0.29) is 0 Å². The van der Waals surface area contributed by atoms with Crippen molar-refractivity contribution in [2.45, 2.75) is 32.9 Å². The van der Waals surface area contributed by atoms with E-state index >= 15 is 0 Å². The minimum Gasteiger partial charge on any atom is -0.496 e. The number of hydrogen-bond acceptors (Lipinski definition) is 4. The van der Waals surface area contributed by atoms with Crippen LogP contribution in [0.5, 0.6) is 5.75 Å². The molecule has 4 heteroatoms. The summed E-state index contributed by atoms with van der Waals surface area (Å²) >= 11 is 1.71. The number of para-hydroxylation sites is 1. The molecule has 0 radical (unpaired) electrons. The zero-order valence-electron chi connectivity index (χ0n) is 11.6. The van der Waals surface area contributed by atoms with Crippen molar-refractivity contribution in [1.29, 1.82) is 0 Å². The molecule has 0 bridgehead atoms. The first kappa shape index (κ1) is 14.0. The van der Waals surface area contributed by atoms with Gasteiger partial charge in [-0.05, 0) is 6.07 Å². The minimum atomic E-state index is 0.486. The number of aromatic nitrogens is 1. The maximum Gasteiger partial charge on any atom is 0.122 e. The summed E-state index contributed by atoms with van der Waals surface area (Å²) in [6.45, 7) is 5.12. The van der Waals surface area contributed by atoms with Gasteiger partial charge in [0.1, 0.15) is 5.75 Å². The predicted octanol–water partition coefficient (Wildman–Crippen LogP) is 3.24. The first-order chi connectivity index (χ1) is 9.19. The summed E-state index contributed by atoms with van der Waals surface area (Å²) in [6, 6.07) is 8.59. The Morgan fingerprint density at radius 2 is 2.11 bits per heavy atom. The van der Waals surface area contributed by atoms with Crippen molar-refractivity contribution in [1.82, 2.24) is 10.3 Å². The highest BCUT2D eigenvalue weighted by Crippen LogP contribution is 2.22. The van der Waals surface area contributed by atoms with Gasteiger partial charge in [0.25, 0.3) is 0 Å². The molecule has 19 heavy (non-hydrogen) atoms. The first-order valence-corrected chi connectivity index (χ1v) is 7.35. The molecule has 0 fully saturated rings. The Balaban J connectivity index is 2.03. The van der Waals surface area contributed by atoms with Gasteiger partial charge in [-0.1, -0.05) is 32.0 Å². The second kappa shape index (κ2) is 6.68. The van der Waals surface area contributed by atoms with E-state index in [0.717, 1.165) is 29.4 Å². The monoisotopic (exact) mass is 276 g/mol. The molecule has 0 aliphatic heterocycles. The summed E-state index contributed by atoms with van der Waals surface area (Å²) in [5.41, 5.74) is 2.30. The Hall–Kier alpha value is -1.39. The molecule has 0 saturated heterocycles. The summed E-state index contributed by atoms with van der Waals surface area (Å²) < 4.78 is 5.37. The van der Waals surface area contributed by atoms with Gasteiger partial charge < -0.3 is 10.1 Å². The molecule has 2 aromatic rings. The van der Waals surface area contributed by atoms with Gasteiger partial charge in [-0.25, -0.2) is 4.98 Å². The van der Waals surface area contributed by atoms with Crippen LogP contribution in [0, 0.1) is 0 Å². The molecule has 0 saturated carbocycles. The van der Waals surface area contributed by atoms with Crippen LogP contribution in [0.2, 0.25) is 0 Å². The highest BCUT2D eigenvalue weighted by atomic mass is 32.1. The number of nitrogens with zero attached hydrogens (tertiary/aromatic N) is 1. The van der Waals surface area contributed by atoms with E-state index in [1.54, 1.807) is 18.4 Å². The summed E-state index contributed by atoms with van der Waals surface area (Å²) in [5, 5.41) is 6.64. The maximum atomic E-state index is 5.37. The van der Waals surface area contributed by atoms with E-state index in [4.69, 9.17) is 4.74 Å². The fraction of sp³-hybridized carbons (Fsp3) is 0.400. The van der Waals surface area contributed by atoms with Gasteiger partial charge in [-0.2, -0.15) is 0 Å². The predicted molar refractivity (Wildman–Crippen MR) is 79.9 cm³/mol. The highest BCUT2D eigenvalue weighted by molar-refractivity contribution is 7.09. The molecule has 0 spiro atoms. The molecule has 1 N–H and O–H groups in total. The minimum absolute atomic E-state index is 0.486. The average molecular weight is 276 g/mol. The molecule has 2 rings (SSSR count). The number of thiazole rings is 1. The van der Waals surface area contributed by atoms with Crippen LogP contribution in [0.25, 0.3) is 0 Å². The van der Waals surface area contributed by atoms with E-state index in [9.17, 15) is 0 Å². The molecule has 0 atom stereocenters. The fourth-order valence-electron chi connectivity index (χ4n) is 1.83. The number of ether oxygens (including phenoxy) is 1. The standard InChI is InChI=1S/C15H20N2OS/c1-11(2)16-9-13-10-19-15(17-13)8-12-6-4-5-7-14(12)18-3/h4-7,10-11,16H,8-9H2,1-3H3. The van der Waals surface area contributed by atoms with Gasteiger partial charge in [0.05, 0.1) is 17.8 Å².